The first-order valence-corrected chi connectivity index (χ1v) is 4.62. The minimum absolute atomic E-state index is 0.0394. The highest BCUT2D eigenvalue weighted by Gasteiger charge is 2.18. The number of nitrogens with one attached hydrogen (secondary N) is 1. The van der Waals surface area contributed by atoms with Crippen LogP contribution in [0.25, 0.3) is 0 Å². The molecule has 0 aromatic carbocycles. The smallest absolute Gasteiger partial charge is 0.349 e. The molecule has 16 heavy (non-hydrogen) atoms. The van der Waals surface area contributed by atoms with Crippen LogP contribution in [0.5, 0.6) is 5.88 Å². The predicted octanol–water partition coefficient (Wildman–Crippen LogP) is 1.38. The number of nitrogens with zero attached hydrogens (tertiary/aromatic N) is 3. The van der Waals surface area contributed by atoms with E-state index in [4.69, 9.17) is 4.74 Å². The van der Waals surface area contributed by atoms with E-state index in [9.17, 15) is 10.1 Å². The molecular weight excluding hydrogens is 212 g/mol. The van der Waals surface area contributed by atoms with Crippen LogP contribution in [0.3, 0.4) is 0 Å². The van der Waals surface area contributed by atoms with E-state index < -0.39 is 4.92 Å². The topological polar surface area (TPSA) is 90.2 Å². The molecule has 0 aliphatic carbocycles. The monoisotopic (exact) mass is 224 g/mol. The van der Waals surface area contributed by atoms with Crippen molar-refractivity contribution in [3.63, 3.8) is 0 Å². The van der Waals surface area contributed by atoms with Gasteiger partial charge in [0.1, 0.15) is 12.8 Å². The Bertz CT molecular complexity index is 406. The average molecular weight is 224 g/mol. The number of ether oxygens (including phenoxy) is 1. The van der Waals surface area contributed by atoms with Gasteiger partial charge < -0.3 is 10.1 Å². The zero-order valence-corrected chi connectivity index (χ0v) is 9.01. The van der Waals surface area contributed by atoms with Gasteiger partial charge in [0.05, 0.1) is 4.92 Å². The fraction of sp³-hybridized carbons (Fsp3) is 0.333. The van der Waals surface area contributed by atoms with Crippen molar-refractivity contribution in [3.8, 4) is 5.88 Å². The van der Waals surface area contributed by atoms with Crippen LogP contribution in [-0.4, -0.2) is 28.5 Å². The van der Waals surface area contributed by atoms with Crippen molar-refractivity contribution in [1.29, 1.82) is 0 Å². The number of rotatable bonds is 5. The Morgan fingerprint density at radius 2 is 2.44 bits per heavy atom. The van der Waals surface area contributed by atoms with Crippen LogP contribution >= 0.6 is 0 Å². The highest BCUT2D eigenvalue weighted by molar-refractivity contribution is 5.42. The molecule has 0 saturated heterocycles. The number of nitro groups is 1. The molecule has 1 rings (SSSR count). The Morgan fingerprint density at radius 1 is 1.69 bits per heavy atom. The van der Waals surface area contributed by atoms with E-state index in [0.29, 0.717) is 0 Å². The Balaban J connectivity index is 2.95. The third kappa shape index (κ3) is 2.91. The molecule has 0 bridgehead atoms. The van der Waals surface area contributed by atoms with Gasteiger partial charge in [-0.15, -0.1) is 0 Å². The SMILES string of the molecule is C/C=C/COc1nc(NC)ncc1[N+](=O)[O-]. The lowest BCUT2D eigenvalue weighted by Gasteiger charge is -2.04. The van der Waals surface area contributed by atoms with Gasteiger partial charge in [-0.1, -0.05) is 12.2 Å². The fourth-order valence-electron chi connectivity index (χ4n) is 0.935. The van der Waals surface area contributed by atoms with Crippen LogP contribution in [0.2, 0.25) is 0 Å². The second kappa shape index (κ2) is 5.64. The maximum atomic E-state index is 10.7. The van der Waals surface area contributed by atoms with Crippen LogP contribution in [0.15, 0.2) is 18.3 Å². The maximum absolute atomic E-state index is 10.7. The molecule has 0 atom stereocenters. The Morgan fingerprint density at radius 3 is 3.00 bits per heavy atom. The molecule has 7 heteroatoms. The Hall–Kier alpha value is -2.18. The van der Waals surface area contributed by atoms with Gasteiger partial charge in [-0.25, -0.2) is 4.98 Å². The summed E-state index contributed by atoms with van der Waals surface area (Å²) in [6, 6.07) is 0. The standard InChI is InChI=1S/C9H12N4O3/c1-3-4-5-16-8-7(13(14)15)6-11-9(10-2)12-8/h3-4,6H,5H2,1-2H3,(H,10,11,12)/b4-3+. The zero-order chi connectivity index (χ0) is 12.0. The lowest BCUT2D eigenvalue weighted by atomic mass is 10.5. The molecular formula is C9H12N4O3. The van der Waals surface area contributed by atoms with Crippen molar-refractivity contribution in [2.45, 2.75) is 6.92 Å². The van der Waals surface area contributed by atoms with Crippen LogP contribution < -0.4 is 10.1 Å². The maximum Gasteiger partial charge on any atom is 0.349 e. The van der Waals surface area contributed by atoms with E-state index in [0.717, 1.165) is 6.20 Å². The molecule has 0 spiro atoms. The van der Waals surface area contributed by atoms with E-state index in [1.54, 1.807) is 19.2 Å². The van der Waals surface area contributed by atoms with Gasteiger partial charge in [0.15, 0.2) is 0 Å². The molecule has 0 amide bonds. The second-order valence-corrected chi connectivity index (χ2v) is 2.77. The van der Waals surface area contributed by atoms with E-state index in [-0.39, 0.29) is 24.1 Å². The van der Waals surface area contributed by atoms with Gasteiger partial charge in [-0.2, -0.15) is 4.98 Å². The molecule has 1 aromatic heterocycles. The molecule has 0 radical (unpaired) electrons. The summed E-state index contributed by atoms with van der Waals surface area (Å²) in [5.74, 6) is 0.239. The number of aromatic nitrogens is 2. The lowest BCUT2D eigenvalue weighted by molar-refractivity contribution is -0.386. The van der Waals surface area contributed by atoms with Crippen LogP contribution in [0, 0.1) is 10.1 Å². The number of anilines is 1. The van der Waals surface area contributed by atoms with Crippen molar-refractivity contribution < 1.29 is 9.66 Å². The van der Waals surface area contributed by atoms with Gasteiger partial charge in [-0.3, -0.25) is 10.1 Å². The van der Waals surface area contributed by atoms with Crippen molar-refractivity contribution in [2.75, 3.05) is 19.0 Å². The van der Waals surface area contributed by atoms with E-state index >= 15 is 0 Å². The van der Waals surface area contributed by atoms with E-state index in [2.05, 4.69) is 15.3 Å². The Labute approximate surface area is 92.3 Å². The van der Waals surface area contributed by atoms with Crippen molar-refractivity contribution in [2.24, 2.45) is 0 Å². The summed E-state index contributed by atoms with van der Waals surface area (Å²) in [6.07, 6.45) is 4.63. The zero-order valence-electron chi connectivity index (χ0n) is 9.01. The third-order valence-corrected chi connectivity index (χ3v) is 1.71. The molecule has 0 aliphatic heterocycles. The highest BCUT2D eigenvalue weighted by atomic mass is 16.6. The Kier molecular flexibility index (Phi) is 4.19. The lowest BCUT2D eigenvalue weighted by Crippen LogP contribution is -2.04. The third-order valence-electron chi connectivity index (χ3n) is 1.71. The summed E-state index contributed by atoms with van der Waals surface area (Å²) in [4.78, 5) is 17.7. The molecule has 1 heterocycles. The first-order chi connectivity index (χ1) is 7.69. The van der Waals surface area contributed by atoms with E-state index in [1.807, 2.05) is 6.92 Å². The number of hydrogen-bond donors (Lipinski definition) is 1. The molecule has 7 nitrogen and oxygen atoms in total. The highest BCUT2D eigenvalue weighted by Crippen LogP contribution is 2.24. The summed E-state index contributed by atoms with van der Waals surface area (Å²) in [6.45, 7) is 2.06. The van der Waals surface area contributed by atoms with Crippen LogP contribution in [0.4, 0.5) is 11.6 Å². The summed E-state index contributed by atoms with van der Waals surface area (Å²) in [5, 5.41) is 13.3. The summed E-state index contributed by atoms with van der Waals surface area (Å²) >= 11 is 0. The van der Waals surface area contributed by atoms with Gasteiger partial charge in [0, 0.05) is 7.05 Å². The van der Waals surface area contributed by atoms with Gasteiger partial charge in [-0.05, 0) is 6.92 Å². The average Bonchev–Trinajstić information content (AvgIpc) is 2.29. The molecule has 0 saturated carbocycles. The second-order valence-electron chi connectivity index (χ2n) is 2.77. The fourth-order valence-corrected chi connectivity index (χ4v) is 0.935. The molecule has 86 valence electrons. The van der Waals surface area contributed by atoms with Crippen LogP contribution in [0.1, 0.15) is 6.92 Å². The quantitative estimate of drug-likeness (QED) is 0.461. The van der Waals surface area contributed by atoms with Crippen molar-refractivity contribution in [3.05, 3.63) is 28.5 Å². The summed E-state index contributed by atoms with van der Waals surface area (Å²) < 4.78 is 5.16. The number of allylic oxidation sites excluding steroid dienone is 1. The molecule has 0 unspecified atom stereocenters. The van der Waals surface area contributed by atoms with Crippen LogP contribution in [-0.2, 0) is 0 Å². The number of hydrogen-bond acceptors (Lipinski definition) is 6. The van der Waals surface area contributed by atoms with Crippen molar-refractivity contribution in [1.82, 2.24) is 9.97 Å². The van der Waals surface area contributed by atoms with Gasteiger partial charge >= 0.3 is 5.69 Å². The molecule has 1 aromatic rings. The largest absolute Gasteiger partial charge is 0.468 e. The predicted molar refractivity (Wildman–Crippen MR) is 58.5 cm³/mol. The normalized spacial score (nSPS) is 10.4. The molecule has 0 aliphatic rings. The van der Waals surface area contributed by atoms with Crippen molar-refractivity contribution >= 4 is 11.6 Å². The first kappa shape index (κ1) is 11.9. The minimum Gasteiger partial charge on any atom is -0.468 e. The summed E-state index contributed by atoms with van der Waals surface area (Å²) in [5.41, 5.74) is -0.247. The first-order valence-electron chi connectivity index (χ1n) is 4.62. The molecule has 1 N–H and O–H groups in total. The molecule has 0 fully saturated rings. The summed E-state index contributed by atoms with van der Waals surface area (Å²) in [7, 11) is 1.62. The van der Waals surface area contributed by atoms with Gasteiger partial charge in [0.2, 0.25) is 5.95 Å². The minimum atomic E-state index is -0.579. The van der Waals surface area contributed by atoms with Gasteiger partial charge in [0.25, 0.3) is 5.88 Å². The van der Waals surface area contributed by atoms with E-state index in [1.165, 1.54) is 0 Å².